The summed E-state index contributed by atoms with van der Waals surface area (Å²) in [4.78, 5) is 72.2. The van der Waals surface area contributed by atoms with Crippen molar-refractivity contribution in [3.8, 4) is 0 Å². The van der Waals surface area contributed by atoms with Gasteiger partial charge < -0.3 is 40.8 Å². The molecular formula is C27H36N9O8S2+. The number of nitrogens with zero attached hydrogens (tertiary/aromatic N) is 6. The van der Waals surface area contributed by atoms with Gasteiger partial charge in [-0.05, 0) is 31.0 Å². The van der Waals surface area contributed by atoms with Crippen LogP contribution in [0.3, 0.4) is 0 Å². The summed E-state index contributed by atoms with van der Waals surface area (Å²) in [6.07, 6.45) is 1.48. The van der Waals surface area contributed by atoms with Crippen molar-refractivity contribution in [3.63, 3.8) is 0 Å². The van der Waals surface area contributed by atoms with E-state index < -0.39 is 53.4 Å². The molecule has 0 aliphatic carbocycles. The van der Waals surface area contributed by atoms with Crippen molar-refractivity contribution in [2.45, 2.75) is 42.8 Å². The number of thioether (sulfide) groups is 1. The summed E-state index contributed by atoms with van der Waals surface area (Å²) in [5.41, 5.74) is 5.81. The van der Waals surface area contributed by atoms with Gasteiger partial charge in [-0.2, -0.15) is 9.36 Å². The molecule has 3 fully saturated rings. The lowest BCUT2D eigenvalue weighted by Crippen LogP contribution is -2.71. The molecule has 19 heteroatoms. The third-order valence-electron chi connectivity index (χ3n) is 7.85. The van der Waals surface area contributed by atoms with Crippen LogP contribution in [0, 0.1) is 0 Å². The summed E-state index contributed by atoms with van der Waals surface area (Å²) in [5.74, 6) is -3.79. The number of carbonyl (C=O) groups is 5. The molecule has 248 valence electrons. The minimum absolute atomic E-state index is 0.0443. The molecule has 4 aliphatic rings. The predicted molar refractivity (Wildman–Crippen MR) is 165 cm³/mol. The fraction of sp³-hybridized carbons (Fsp3) is 0.556. The summed E-state index contributed by atoms with van der Waals surface area (Å²) in [6, 6.07) is -1.03. The number of β-lactam (4-membered cyclic amide) rings is 1. The zero-order chi connectivity index (χ0) is 33.3. The van der Waals surface area contributed by atoms with Crippen molar-refractivity contribution in [3.05, 3.63) is 28.7 Å². The molecule has 0 aromatic carbocycles. The molecule has 4 atom stereocenters. The number of oxime groups is 1. The van der Waals surface area contributed by atoms with Gasteiger partial charge in [-0.15, -0.1) is 11.8 Å². The standard InChI is InChI=1S/C27H35N9O8S2/c1-36(2,3)11-16(9-17(37)38)44-26(42)20-14(8-13-5-7-34(23(13)40)15-4-6-29-10-15)12-45-25-19(24(41)35(20)25)30-22(39)18(32-43)21-31-27(28)46-33-21/h8,15-16,19,25,29H,4-7,9-12H2,1-3H3,(H4-,28,30,31,33,37,38,39,43)/p+1/b13-8+/t15-,16?,19-,25-/m1/s1. The Morgan fingerprint density at radius 3 is 2.67 bits per heavy atom. The maximum absolute atomic E-state index is 13.8. The number of nitrogens with one attached hydrogen (secondary N) is 2. The van der Waals surface area contributed by atoms with Crippen molar-refractivity contribution in [2.75, 3.05) is 58.8 Å². The van der Waals surface area contributed by atoms with Crippen LogP contribution in [0.1, 0.15) is 25.1 Å². The van der Waals surface area contributed by atoms with Crippen LogP contribution in [-0.4, -0.2) is 146 Å². The molecule has 3 saturated heterocycles. The molecule has 0 bridgehead atoms. The lowest BCUT2D eigenvalue weighted by molar-refractivity contribution is -0.873. The molecule has 5 rings (SSSR count). The summed E-state index contributed by atoms with van der Waals surface area (Å²) >= 11 is 2.05. The molecule has 1 aromatic heterocycles. The normalized spacial score (nSPS) is 25.1. The molecule has 0 radical (unpaired) electrons. The molecule has 0 spiro atoms. The zero-order valence-electron chi connectivity index (χ0n) is 25.5. The Balaban J connectivity index is 1.43. The second-order valence-electron chi connectivity index (χ2n) is 12.3. The van der Waals surface area contributed by atoms with E-state index >= 15 is 0 Å². The minimum atomic E-state index is -1.15. The quantitative estimate of drug-likeness (QED) is 0.0344. The van der Waals surface area contributed by atoms with Crippen LogP contribution in [-0.2, 0) is 28.7 Å². The second kappa shape index (κ2) is 13.3. The van der Waals surface area contributed by atoms with Crippen molar-refractivity contribution < 1.29 is 43.5 Å². The van der Waals surface area contributed by atoms with Crippen LogP contribution in [0.2, 0.25) is 0 Å². The van der Waals surface area contributed by atoms with E-state index in [1.54, 1.807) is 6.08 Å². The molecule has 6 N–H and O–H groups in total. The number of fused-ring (bicyclic) bond motifs is 1. The molecule has 4 aliphatic heterocycles. The first-order valence-corrected chi connectivity index (χ1v) is 16.4. The van der Waals surface area contributed by atoms with Gasteiger partial charge in [-0.25, -0.2) is 4.79 Å². The highest BCUT2D eigenvalue weighted by Crippen LogP contribution is 2.42. The van der Waals surface area contributed by atoms with Crippen LogP contribution in [0.15, 0.2) is 28.1 Å². The van der Waals surface area contributed by atoms with Gasteiger partial charge in [0.15, 0.2) is 11.2 Å². The van der Waals surface area contributed by atoms with Crippen LogP contribution < -0.4 is 16.4 Å². The van der Waals surface area contributed by atoms with E-state index in [0.29, 0.717) is 35.1 Å². The van der Waals surface area contributed by atoms with Crippen molar-refractivity contribution in [2.24, 2.45) is 5.16 Å². The van der Waals surface area contributed by atoms with Gasteiger partial charge in [-0.3, -0.25) is 24.1 Å². The lowest BCUT2D eigenvalue weighted by atomic mass is 10.0. The van der Waals surface area contributed by atoms with E-state index in [1.807, 2.05) is 26.0 Å². The van der Waals surface area contributed by atoms with Crippen molar-refractivity contribution >= 4 is 63.8 Å². The molecule has 17 nitrogen and oxygen atoms in total. The number of nitrogen functional groups attached to an aromatic ring is 1. The van der Waals surface area contributed by atoms with Gasteiger partial charge in [0, 0.05) is 42.0 Å². The largest absolute Gasteiger partial charge is 0.481 e. The fourth-order valence-electron chi connectivity index (χ4n) is 5.86. The van der Waals surface area contributed by atoms with Gasteiger partial charge in [0.25, 0.3) is 11.8 Å². The number of hydrogen-bond acceptors (Lipinski definition) is 14. The number of esters is 1. The minimum Gasteiger partial charge on any atom is -0.481 e. The summed E-state index contributed by atoms with van der Waals surface area (Å²) in [6.45, 7) is 2.26. The van der Waals surface area contributed by atoms with Gasteiger partial charge >= 0.3 is 11.9 Å². The monoisotopic (exact) mass is 678 g/mol. The number of likely N-dealkylation sites (tertiary alicyclic amines) is 1. The first-order valence-electron chi connectivity index (χ1n) is 14.5. The van der Waals surface area contributed by atoms with E-state index in [2.05, 4.69) is 25.1 Å². The molecule has 1 unspecified atom stereocenters. The first kappa shape index (κ1) is 33.3. The number of nitrogens with two attached hydrogens (primary N) is 1. The number of quaternary nitrogens is 1. The highest BCUT2D eigenvalue weighted by Gasteiger charge is 2.55. The van der Waals surface area contributed by atoms with Gasteiger partial charge in [0.05, 0.1) is 27.6 Å². The highest BCUT2D eigenvalue weighted by atomic mass is 32.2. The number of likely N-dealkylation sites (N-methyl/N-ethyl adjacent to an activating group) is 1. The Bertz CT molecular complexity index is 1530. The number of hydrogen-bond donors (Lipinski definition) is 5. The second-order valence-corrected chi connectivity index (χ2v) is 14.2. The van der Waals surface area contributed by atoms with E-state index in [9.17, 15) is 34.3 Å². The number of amides is 3. The van der Waals surface area contributed by atoms with Crippen LogP contribution in [0.4, 0.5) is 5.13 Å². The summed E-state index contributed by atoms with van der Waals surface area (Å²) in [5, 5.41) is 27.0. The fourth-order valence-corrected chi connectivity index (χ4v) is 7.60. The molecule has 1 aromatic rings. The van der Waals surface area contributed by atoms with E-state index in [4.69, 9.17) is 10.5 Å². The Morgan fingerprint density at radius 1 is 1.30 bits per heavy atom. The molecular weight excluding hydrogens is 642 g/mol. The average molecular weight is 679 g/mol. The number of rotatable bonds is 11. The van der Waals surface area contributed by atoms with Crippen molar-refractivity contribution in [1.82, 2.24) is 29.8 Å². The Morgan fingerprint density at radius 2 is 2.07 bits per heavy atom. The maximum Gasteiger partial charge on any atom is 0.355 e. The third-order valence-corrected chi connectivity index (χ3v) is 9.70. The topological polar surface area (TPSA) is 230 Å². The molecule has 3 amide bonds. The smallest absolute Gasteiger partial charge is 0.355 e. The van der Waals surface area contributed by atoms with Crippen LogP contribution >= 0.6 is 23.3 Å². The molecule has 46 heavy (non-hydrogen) atoms. The molecule has 5 heterocycles. The van der Waals surface area contributed by atoms with E-state index in [-0.39, 0.29) is 40.9 Å². The molecule has 0 saturated carbocycles. The Labute approximate surface area is 272 Å². The highest BCUT2D eigenvalue weighted by molar-refractivity contribution is 8.00. The van der Waals surface area contributed by atoms with Gasteiger partial charge in [0.1, 0.15) is 23.7 Å². The van der Waals surface area contributed by atoms with Gasteiger partial charge in [-0.1, -0.05) is 5.16 Å². The number of carboxylic acids is 1. The number of aromatic nitrogens is 2. The van der Waals surface area contributed by atoms with E-state index in [1.165, 1.54) is 16.7 Å². The number of anilines is 1. The SMILES string of the molecule is C[N+](C)(C)CC(CC(=O)O)OC(=O)C1=C(/C=C2\CCN([C@@H]3CCNC3)C2=O)CS[C@@H]2[C@H](NC(=O)/C(=N\O)c3nsc(N)n3)C(=O)N12. The number of allylic oxidation sites excluding steroid dienone is 1. The van der Waals surface area contributed by atoms with Crippen LogP contribution in [0.5, 0.6) is 0 Å². The number of carboxylic acid groups (broad SMARTS) is 1. The maximum atomic E-state index is 13.8. The average Bonchev–Trinajstić information content (AvgIpc) is 3.73. The number of ether oxygens (including phenoxy) is 1. The van der Waals surface area contributed by atoms with Gasteiger partial charge in [0.2, 0.25) is 17.4 Å². The first-order chi connectivity index (χ1) is 21.8. The number of aliphatic carboxylic acids is 1. The predicted octanol–water partition coefficient (Wildman–Crippen LogP) is -1.43. The van der Waals surface area contributed by atoms with Crippen molar-refractivity contribution in [1.29, 1.82) is 0 Å². The zero-order valence-corrected chi connectivity index (χ0v) is 27.1. The number of carbonyl (C=O) groups excluding carboxylic acids is 4. The Kier molecular flexibility index (Phi) is 9.66. The summed E-state index contributed by atoms with van der Waals surface area (Å²) in [7, 11) is 5.48. The van der Waals surface area contributed by atoms with Crippen LogP contribution in [0.25, 0.3) is 0 Å². The third kappa shape index (κ3) is 7.01. The lowest BCUT2D eigenvalue weighted by Gasteiger charge is -2.49. The van der Waals surface area contributed by atoms with E-state index in [0.717, 1.165) is 24.5 Å². The summed E-state index contributed by atoms with van der Waals surface area (Å²) < 4.78 is 9.91. The Hall–Kier alpha value is -4.07.